The van der Waals surface area contributed by atoms with Gasteiger partial charge in [0.15, 0.2) is 0 Å². The van der Waals surface area contributed by atoms with E-state index in [0.717, 1.165) is 11.4 Å². The topological polar surface area (TPSA) is 15.6 Å². The SMILES string of the molecule is C=C(c1ccc(/C(C)=C/C(=NC)C(C)C)s1)N(C)C.Cc1ccccc1. The molecule has 0 saturated heterocycles. The second-order valence-electron chi connectivity index (χ2n) is 6.79. The van der Waals surface area contributed by atoms with Gasteiger partial charge in [0.2, 0.25) is 0 Å². The molecule has 1 heterocycles. The summed E-state index contributed by atoms with van der Waals surface area (Å²) in [5.74, 6) is 0.455. The molecule has 3 heteroatoms. The van der Waals surface area contributed by atoms with E-state index in [-0.39, 0.29) is 0 Å². The van der Waals surface area contributed by atoms with Crippen molar-refractivity contribution in [2.75, 3.05) is 21.1 Å². The van der Waals surface area contributed by atoms with Crippen LogP contribution in [-0.4, -0.2) is 31.8 Å². The predicted octanol–water partition coefficient (Wildman–Crippen LogP) is 6.41. The molecule has 0 radical (unpaired) electrons. The number of allylic oxidation sites excluding steroid dienone is 2. The van der Waals surface area contributed by atoms with Crippen LogP contribution in [0.2, 0.25) is 0 Å². The van der Waals surface area contributed by atoms with Gasteiger partial charge in [-0.3, -0.25) is 4.99 Å². The number of hydrogen-bond acceptors (Lipinski definition) is 3. The van der Waals surface area contributed by atoms with Crippen molar-refractivity contribution in [2.45, 2.75) is 27.7 Å². The van der Waals surface area contributed by atoms with Crippen molar-refractivity contribution in [3.63, 3.8) is 0 Å². The summed E-state index contributed by atoms with van der Waals surface area (Å²) in [6.07, 6.45) is 2.18. The van der Waals surface area contributed by atoms with Crippen LogP contribution >= 0.6 is 11.3 Å². The molecule has 0 unspecified atom stereocenters. The summed E-state index contributed by atoms with van der Waals surface area (Å²) >= 11 is 1.78. The molecule has 0 N–H and O–H groups in total. The van der Waals surface area contributed by atoms with Gasteiger partial charge in [-0.05, 0) is 43.5 Å². The van der Waals surface area contributed by atoms with E-state index in [1.807, 2.05) is 44.2 Å². The first kappa shape index (κ1) is 21.9. The lowest BCUT2D eigenvalue weighted by Crippen LogP contribution is -2.07. The normalized spacial score (nSPS) is 11.8. The second kappa shape index (κ2) is 10.8. The van der Waals surface area contributed by atoms with Crippen LogP contribution in [0.5, 0.6) is 0 Å². The molecule has 2 aromatic rings. The molecule has 0 aliphatic rings. The number of rotatable bonds is 5. The number of hydrogen-bond donors (Lipinski definition) is 0. The highest BCUT2D eigenvalue weighted by Crippen LogP contribution is 2.29. The molecule has 0 bridgehead atoms. The van der Waals surface area contributed by atoms with Crippen LogP contribution in [0.1, 0.15) is 36.1 Å². The van der Waals surface area contributed by atoms with E-state index in [2.05, 4.69) is 69.6 Å². The molecule has 140 valence electrons. The van der Waals surface area contributed by atoms with Crippen LogP contribution in [0.15, 0.2) is 60.1 Å². The average Bonchev–Trinajstić information content (AvgIpc) is 3.09. The van der Waals surface area contributed by atoms with Crippen molar-refractivity contribution in [1.82, 2.24) is 4.90 Å². The maximum atomic E-state index is 4.34. The molecule has 0 aliphatic heterocycles. The Morgan fingerprint density at radius 3 is 2.08 bits per heavy atom. The summed E-state index contributed by atoms with van der Waals surface area (Å²) < 4.78 is 0. The molecule has 0 atom stereocenters. The van der Waals surface area contributed by atoms with Crippen LogP contribution in [0.25, 0.3) is 11.3 Å². The summed E-state index contributed by atoms with van der Waals surface area (Å²) in [5.41, 5.74) is 4.77. The van der Waals surface area contributed by atoms with Crippen molar-refractivity contribution in [2.24, 2.45) is 10.9 Å². The number of nitrogens with zero attached hydrogens (tertiary/aromatic N) is 2. The fourth-order valence-electron chi connectivity index (χ4n) is 2.24. The minimum Gasteiger partial charge on any atom is -0.377 e. The van der Waals surface area contributed by atoms with Gasteiger partial charge in [-0.1, -0.05) is 56.3 Å². The molecule has 0 aliphatic carbocycles. The Bertz CT molecular complexity index is 750. The van der Waals surface area contributed by atoms with Crippen molar-refractivity contribution in [3.05, 3.63) is 70.4 Å². The molecule has 0 spiro atoms. The molecule has 0 fully saturated rings. The first-order valence-electron chi connectivity index (χ1n) is 8.89. The minimum absolute atomic E-state index is 0.455. The first-order valence-corrected chi connectivity index (χ1v) is 9.71. The van der Waals surface area contributed by atoms with Crippen molar-refractivity contribution >= 4 is 28.3 Å². The maximum absolute atomic E-state index is 4.34. The van der Waals surface area contributed by atoms with Crippen molar-refractivity contribution in [3.8, 4) is 0 Å². The van der Waals surface area contributed by atoms with E-state index >= 15 is 0 Å². The van der Waals surface area contributed by atoms with Gasteiger partial charge in [0, 0.05) is 37.4 Å². The van der Waals surface area contributed by atoms with Crippen LogP contribution in [0.4, 0.5) is 0 Å². The molecular weight excluding hydrogens is 336 g/mol. The van der Waals surface area contributed by atoms with Crippen molar-refractivity contribution < 1.29 is 0 Å². The van der Waals surface area contributed by atoms with Crippen LogP contribution in [-0.2, 0) is 0 Å². The van der Waals surface area contributed by atoms with Gasteiger partial charge in [-0.15, -0.1) is 11.3 Å². The molecule has 0 amide bonds. The maximum Gasteiger partial charge on any atom is 0.0504 e. The molecule has 2 rings (SSSR count). The van der Waals surface area contributed by atoms with Crippen LogP contribution in [0, 0.1) is 12.8 Å². The Morgan fingerprint density at radius 2 is 1.65 bits per heavy atom. The monoisotopic (exact) mass is 368 g/mol. The smallest absolute Gasteiger partial charge is 0.0504 e. The lowest BCUT2D eigenvalue weighted by atomic mass is 10.1. The summed E-state index contributed by atoms with van der Waals surface area (Å²) in [6.45, 7) is 12.7. The van der Waals surface area contributed by atoms with E-state index in [1.165, 1.54) is 20.9 Å². The highest BCUT2D eigenvalue weighted by atomic mass is 32.1. The Labute approximate surface area is 163 Å². The van der Waals surface area contributed by atoms with Gasteiger partial charge in [-0.2, -0.15) is 0 Å². The van der Waals surface area contributed by atoms with Gasteiger partial charge >= 0.3 is 0 Å². The molecular formula is C23H32N2S. The number of aliphatic imine (C=N–C) groups is 1. The fraction of sp³-hybridized carbons (Fsp3) is 0.348. The number of thiophene rings is 1. The van der Waals surface area contributed by atoms with E-state index in [1.54, 1.807) is 11.3 Å². The van der Waals surface area contributed by atoms with E-state index in [4.69, 9.17) is 0 Å². The average molecular weight is 369 g/mol. The standard InChI is InChI=1S/C16H24N2S.C7H8/c1-11(2)14(17-5)10-12(3)15-8-9-16(19-15)13(4)18(6)7;1-7-5-3-2-4-6-7/h8-11H,4H2,1-3,5-7H3;2-6H,1H3/b12-10+,17-14?;. The number of aryl methyl sites for hydroxylation is 1. The molecule has 1 aromatic carbocycles. The lowest BCUT2D eigenvalue weighted by Gasteiger charge is -2.13. The Balaban J connectivity index is 0.000000401. The Morgan fingerprint density at radius 1 is 1.08 bits per heavy atom. The molecule has 2 nitrogen and oxygen atoms in total. The quantitative estimate of drug-likeness (QED) is 0.557. The van der Waals surface area contributed by atoms with Crippen LogP contribution in [0.3, 0.4) is 0 Å². The minimum atomic E-state index is 0.455. The molecule has 1 aromatic heterocycles. The number of benzene rings is 1. The van der Waals surface area contributed by atoms with Gasteiger partial charge in [-0.25, -0.2) is 0 Å². The van der Waals surface area contributed by atoms with Crippen LogP contribution < -0.4 is 0 Å². The van der Waals surface area contributed by atoms with E-state index in [9.17, 15) is 0 Å². The summed E-state index contributed by atoms with van der Waals surface area (Å²) in [6, 6.07) is 14.6. The zero-order valence-corrected chi connectivity index (χ0v) is 18.0. The largest absolute Gasteiger partial charge is 0.377 e. The zero-order chi connectivity index (χ0) is 19.7. The van der Waals surface area contributed by atoms with Gasteiger partial charge in [0.05, 0.1) is 4.88 Å². The predicted molar refractivity (Wildman–Crippen MR) is 120 cm³/mol. The zero-order valence-electron chi connectivity index (χ0n) is 17.2. The lowest BCUT2D eigenvalue weighted by molar-refractivity contribution is 0.595. The Kier molecular flexibility index (Phi) is 9.08. The van der Waals surface area contributed by atoms with Gasteiger partial charge in [0.1, 0.15) is 0 Å². The molecule has 26 heavy (non-hydrogen) atoms. The summed E-state index contributed by atoms with van der Waals surface area (Å²) in [5, 5.41) is 0. The van der Waals surface area contributed by atoms with E-state index in [0.29, 0.717) is 5.92 Å². The third-order valence-corrected chi connectivity index (χ3v) is 5.24. The van der Waals surface area contributed by atoms with Gasteiger partial charge < -0.3 is 4.90 Å². The third-order valence-electron chi connectivity index (χ3n) is 3.97. The highest BCUT2D eigenvalue weighted by molar-refractivity contribution is 7.14. The third kappa shape index (κ3) is 7.01. The van der Waals surface area contributed by atoms with Gasteiger partial charge in [0.25, 0.3) is 0 Å². The second-order valence-corrected chi connectivity index (χ2v) is 7.87. The Hall–Kier alpha value is -2.13. The van der Waals surface area contributed by atoms with E-state index < -0.39 is 0 Å². The molecule has 0 saturated carbocycles. The summed E-state index contributed by atoms with van der Waals surface area (Å²) in [7, 11) is 5.89. The summed E-state index contributed by atoms with van der Waals surface area (Å²) in [4.78, 5) is 8.88. The first-order chi connectivity index (χ1) is 12.3. The highest BCUT2D eigenvalue weighted by Gasteiger charge is 2.08. The van der Waals surface area contributed by atoms with Crippen molar-refractivity contribution in [1.29, 1.82) is 0 Å². The fourth-order valence-corrected chi connectivity index (χ4v) is 3.27.